The zero-order valence-corrected chi connectivity index (χ0v) is 16.0. The Hall–Kier alpha value is -1.48. The van der Waals surface area contributed by atoms with Crippen molar-refractivity contribution in [2.24, 2.45) is 5.92 Å². The molecule has 0 unspecified atom stereocenters. The number of rotatable bonds is 6. The molecule has 1 aliphatic carbocycles. The maximum atomic E-state index is 12.9. The maximum absolute atomic E-state index is 12.9. The Kier molecular flexibility index (Phi) is 5.15. The van der Waals surface area contributed by atoms with E-state index in [1.54, 1.807) is 38.6 Å². The molecule has 8 heteroatoms. The molecule has 2 N–H and O–H groups in total. The standard InChI is InChI=1S/C17H22N2O4S2/c1-10-4-16(11(2)24-10)25(21,22)19-17(12-5-14(20)6-12)13-7-15(23-3)9-18-8-13/h4,7-9,12,14,17,19-20H,5-6H2,1-3H3/t12?,14?,17-/m0/s1. The molecule has 0 bridgehead atoms. The van der Waals surface area contributed by atoms with Crippen LogP contribution in [0.2, 0.25) is 0 Å². The minimum absolute atomic E-state index is 0.0266. The Bertz CT molecular complexity index is 857. The van der Waals surface area contributed by atoms with Crippen molar-refractivity contribution in [1.82, 2.24) is 9.71 Å². The van der Waals surface area contributed by atoms with Crippen LogP contribution in [-0.4, -0.2) is 31.7 Å². The van der Waals surface area contributed by atoms with Crippen LogP contribution in [0.5, 0.6) is 5.75 Å². The lowest BCUT2D eigenvalue weighted by molar-refractivity contribution is 0.0279. The van der Waals surface area contributed by atoms with Gasteiger partial charge in [-0.15, -0.1) is 11.3 Å². The number of thiophene rings is 1. The molecule has 1 aliphatic rings. The van der Waals surface area contributed by atoms with Crippen LogP contribution < -0.4 is 9.46 Å². The number of aryl methyl sites for hydroxylation is 2. The number of hydrogen-bond acceptors (Lipinski definition) is 6. The summed E-state index contributed by atoms with van der Waals surface area (Å²) < 4.78 is 33.9. The highest BCUT2D eigenvalue weighted by Gasteiger charge is 2.38. The number of nitrogens with one attached hydrogen (secondary N) is 1. The normalized spacial score (nSPS) is 21.6. The van der Waals surface area contributed by atoms with Crippen LogP contribution in [0.25, 0.3) is 0 Å². The van der Waals surface area contributed by atoms with E-state index in [1.165, 1.54) is 11.3 Å². The van der Waals surface area contributed by atoms with Crippen LogP contribution in [0.3, 0.4) is 0 Å². The minimum atomic E-state index is -3.67. The van der Waals surface area contributed by atoms with Gasteiger partial charge in [-0.2, -0.15) is 0 Å². The van der Waals surface area contributed by atoms with Crippen LogP contribution in [0.1, 0.15) is 34.2 Å². The van der Waals surface area contributed by atoms with E-state index in [0.717, 1.165) is 15.3 Å². The lowest BCUT2D eigenvalue weighted by Crippen LogP contribution is -2.41. The lowest BCUT2D eigenvalue weighted by Gasteiger charge is -2.38. The van der Waals surface area contributed by atoms with E-state index in [-0.39, 0.29) is 12.0 Å². The van der Waals surface area contributed by atoms with Gasteiger partial charge < -0.3 is 9.84 Å². The van der Waals surface area contributed by atoms with Crippen LogP contribution >= 0.6 is 11.3 Å². The quantitative estimate of drug-likeness (QED) is 0.802. The van der Waals surface area contributed by atoms with Gasteiger partial charge in [0.05, 0.1) is 30.3 Å². The minimum Gasteiger partial charge on any atom is -0.495 e. The highest BCUT2D eigenvalue weighted by Crippen LogP contribution is 2.39. The van der Waals surface area contributed by atoms with Crippen molar-refractivity contribution >= 4 is 21.4 Å². The van der Waals surface area contributed by atoms with Crippen LogP contribution in [-0.2, 0) is 10.0 Å². The molecule has 6 nitrogen and oxygen atoms in total. The molecule has 1 fully saturated rings. The topological polar surface area (TPSA) is 88.5 Å². The van der Waals surface area contributed by atoms with Crippen molar-refractivity contribution < 1.29 is 18.3 Å². The van der Waals surface area contributed by atoms with Crippen molar-refractivity contribution in [1.29, 1.82) is 0 Å². The smallest absolute Gasteiger partial charge is 0.242 e. The summed E-state index contributed by atoms with van der Waals surface area (Å²) in [4.78, 5) is 6.18. The van der Waals surface area contributed by atoms with Gasteiger partial charge in [0.25, 0.3) is 0 Å². The van der Waals surface area contributed by atoms with E-state index in [9.17, 15) is 13.5 Å². The third-order valence-electron chi connectivity index (χ3n) is 4.52. The molecule has 0 amide bonds. The fourth-order valence-corrected chi connectivity index (χ4v) is 6.01. The number of aliphatic hydroxyl groups excluding tert-OH is 1. The Balaban J connectivity index is 1.93. The molecule has 2 aromatic rings. The second kappa shape index (κ2) is 7.03. The highest BCUT2D eigenvalue weighted by atomic mass is 32.2. The van der Waals surface area contributed by atoms with Crippen LogP contribution in [0.15, 0.2) is 29.4 Å². The second-order valence-corrected chi connectivity index (χ2v) is 9.56. The number of ether oxygens (including phenoxy) is 1. The summed E-state index contributed by atoms with van der Waals surface area (Å²) >= 11 is 1.46. The molecule has 0 aromatic carbocycles. The van der Waals surface area contributed by atoms with Gasteiger partial charge in [-0.25, -0.2) is 13.1 Å². The molecule has 136 valence electrons. The van der Waals surface area contributed by atoms with Crippen molar-refractivity contribution in [2.75, 3.05) is 7.11 Å². The predicted molar refractivity (Wildman–Crippen MR) is 96.4 cm³/mol. The SMILES string of the molecule is COc1cncc([C@@H](NS(=O)(=O)c2cc(C)sc2C)C2CC(O)C2)c1. The third-order valence-corrected chi connectivity index (χ3v) is 7.18. The number of aliphatic hydroxyl groups is 1. The number of nitrogens with zero attached hydrogens (tertiary/aromatic N) is 1. The summed E-state index contributed by atoms with van der Waals surface area (Å²) in [7, 11) is -2.12. The van der Waals surface area contributed by atoms with Gasteiger partial charge in [-0.3, -0.25) is 4.98 Å². The van der Waals surface area contributed by atoms with Crippen molar-refractivity contribution in [3.05, 3.63) is 39.8 Å². The molecular formula is C17H22N2O4S2. The predicted octanol–water partition coefficient (Wildman–Crippen LogP) is 2.56. The van der Waals surface area contributed by atoms with Gasteiger partial charge in [0.1, 0.15) is 5.75 Å². The van der Waals surface area contributed by atoms with E-state index in [1.807, 2.05) is 6.92 Å². The number of hydrogen-bond donors (Lipinski definition) is 2. The first kappa shape index (κ1) is 18.3. The summed E-state index contributed by atoms with van der Waals surface area (Å²) in [6.45, 7) is 3.70. The average molecular weight is 383 g/mol. The van der Waals surface area contributed by atoms with E-state index in [0.29, 0.717) is 23.5 Å². The van der Waals surface area contributed by atoms with Gasteiger partial charge in [0, 0.05) is 16.0 Å². The molecule has 3 rings (SSSR count). The van der Waals surface area contributed by atoms with Crippen molar-refractivity contribution in [3.63, 3.8) is 0 Å². The van der Waals surface area contributed by atoms with Crippen LogP contribution in [0, 0.1) is 19.8 Å². The Morgan fingerprint density at radius 1 is 1.32 bits per heavy atom. The Labute approximate surface area is 151 Å². The molecule has 2 aromatic heterocycles. The van der Waals surface area contributed by atoms with Gasteiger partial charge in [-0.1, -0.05) is 0 Å². The molecule has 1 saturated carbocycles. The van der Waals surface area contributed by atoms with Crippen molar-refractivity contribution in [2.45, 2.75) is 43.7 Å². The highest BCUT2D eigenvalue weighted by molar-refractivity contribution is 7.89. The molecule has 25 heavy (non-hydrogen) atoms. The summed E-state index contributed by atoms with van der Waals surface area (Å²) in [5.41, 5.74) is 0.740. The van der Waals surface area contributed by atoms with Gasteiger partial charge in [0.2, 0.25) is 10.0 Å². The first-order chi connectivity index (χ1) is 11.8. The monoisotopic (exact) mass is 382 g/mol. The Morgan fingerprint density at radius 2 is 2.04 bits per heavy atom. The third kappa shape index (κ3) is 3.87. The first-order valence-electron chi connectivity index (χ1n) is 8.06. The fourth-order valence-electron chi connectivity index (χ4n) is 3.16. The summed E-state index contributed by atoms with van der Waals surface area (Å²) in [5, 5.41) is 9.66. The Morgan fingerprint density at radius 3 is 2.60 bits per heavy atom. The molecule has 0 aliphatic heterocycles. The average Bonchev–Trinajstić information content (AvgIpc) is 2.89. The van der Waals surface area contributed by atoms with Gasteiger partial charge in [-0.05, 0) is 50.3 Å². The van der Waals surface area contributed by atoms with Gasteiger partial charge >= 0.3 is 0 Å². The summed E-state index contributed by atoms with van der Waals surface area (Å²) in [6, 6.07) is 3.03. The molecule has 0 saturated heterocycles. The van der Waals surface area contributed by atoms with Crippen molar-refractivity contribution in [3.8, 4) is 5.75 Å². The number of pyridine rings is 1. The lowest BCUT2D eigenvalue weighted by atomic mass is 9.76. The number of aromatic nitrogens is 1. The van der Waals surface area contributed by atoms with E-state index in [2.05, 4.69) is 9.71 Å². The first-order valence-corrected chi connectivity index (χ1v) is 10.4. The number of methoxy groups -OCH3 is 1. The fraction of sp³-hybridized carbons (Fsp3) is 0.471. The molecule has 2 heterocycles. The zero-order chi connectivity index (χ0) is 18.2. The summed E-state index contributed by atoms with van der Waals surface area (Å²) in [6.07, 6.45) is 3.97. The maximum Gasteiger partial charge on any atom is 0.242 e. The molecule has 0 spiro atoms. The molecular weight excluding hydrogens is 360 g/mol. The van der Waals surface area contributed by atoms with E-state index < -0.39 is 16.1 Å². The zero-order valence-electron chi connectivity index (χ0n) is 14.4. The number of sulfonamides is 1. The van der Waals surface area contributed by atoms with E-state index in [4.69, 9.17) is 4.74 Å². The van der Waals surface area contributed by atoms with Crippen LogP contribution in [0.4, 0.5) is 0 Å². The van der Waals surface area contributed by atoms with E-state index >= 15 is 0 Å². The van der Waals surface area contributed by atoms with Gasteiger partial charge in [0.15, 0.2) is 0 Å². The molecule has 0 radical (unpaired) electrons. The summed E-state index contributed by atoms with van der Waals surface area (Å²) in [5.74, 6) is 0.600. The molecule has 1 atom stereocenters. The second-order valence-electron chi connectivity index (χ2n) is 6.42. The largest absolute Gasteiger partial charge is 0.495 e.